The molecule has 0 aliphatic carbocycles. The van der Waals surface area contributed by atoms with Crippen LogP contribution >= 0.6 is 0 Å². The van der Waals surface area contributed by atoms with Crippen molar-refractivity contribution in [3.63, 3.8) is 0 Å². The minimum atomic E-state index is -2.90. The number of methoxy groups -OCH3 is 1. The zero-order valence-electron chi connectivity index (χ0n) is 11.2. The highest BCUT2D eigenvalue weighted by Crippen LogP contribution is 2.15. The van der Waals surface area contributed by atoms with Crippen LogP contribution in [0.3, 0.4) is 0 Å². The third-order valence-electron chi connectivity index (χ3n) is 1.94. The molecule has 0 N–H and O–H groups in total. The summed E-state index contributed by atoms with van der Waals surface area (Å²) in [7, 11) is -1.56. The smallest absolute Gasteiger partial charge is 0.466 e. The fourth-order valence-electron chi connectivity index (χ4n) is 1.34. The second kappa shape index (κ2) is 8.41. The van der Waals surface area contributed by atoms with Gasteiger partial charge in [0.2, 0.25) is 0 Å². The molecule has 17 heavy (non-hydrogen) atoms. The van der Waals surface area contributed by atoms with Crippen molar-refractivity contribution in [2.75, 3.05) is 26.9 Å². The number of ether oxygens (including phenoxy) is 1. The predicted molar refractivity (Wildman–Crippen MR) is 66.4 cm³/mol. The van der Waals surface area contributed by atoms with E-state index in [0.717, 1.165) is 0 Å². The van der Waals surface area contributed by atoms with Crippen molar-refractivity contribution in [3.8, 4) is 0 Å². The first-order valence-corrected chi connectivity index (χ1v) is 7.55. The van der Waals surface area contributed by atoms with Gasteiger partial charge in [-0.3, -0.25) is 0 Å². The molecule has 0 aliphatic rings. The Kier molecular flexibility index (Phi) is 8.06. The highest BCUT2D eigenvalue weighted by atomic mass is 28.4. The van der Waals surface area contributed by atoms with Crippen molar-refractivity contribution in [1.29, 1.82) is 0 Å². The van der Waals surface area contributed by atoms with Crippen molar-refractivity contribution in [1.82, 2.24) is 0 Å². The highest BCUT2D eigenvalue weighted by Gasteiger charge is 2.39. The molecule has 0 heterocycles. The third-order valence-corrected chi connectivity index (χ3v) is 4.80. The first-order chi connectivity index (χ1) is 8.05. The largest absolute Gasteiger partial charge is 0.530 e. The third kappa shape index (κ3) is 5.45. The van der Waals surface area contributed by atoms with E-state index in [1.807, 2.05) is 20.8 Å². The molecule has 5 nitrogen and oxygen atoms in total. The average molecular weight is 262 g/mol. The van der Waals surface area contributed by atoms with E-state index in [0.29, 0.717) is 25.4 Å². The van der Waals surface area contributed by atoms with Gasteiger partial charge in [0.25, 0.3) is 0 Å². The number of carbonyl (C=O) groups is 1. The van der Waals surface area contributed by atoms with Gasteiger partial charge in [-0.15, -0.1) is 0 Å². The summed E-state index contributed by atoms with van der Waals surface area (Å²) in [5.74, 6) is -0.402. The van der Waals surface area contributed by atoms with E-state index in [1.165, 1.54) is 7.11 Å². The predicted octanol–water partition coefficient (Wildman–Crippen LogP) is 1.69. The fraction of sp³-hybridized carbons (Fsp3) is 0.727. The molecule has 0 amide bonds. The molecular weight excluding hydrogens is 240 g/mol. The molecule has 0 saturated carbocycles. The van der Waals surface area contributed by atoms with Gasteiger partial charge >= 0.3 is 14.8 Å². The van der Waals surface area contributed by atoms with Crippen LogP contribution in [-0.2, 0) is 22.8 Å². The van der Waals surface area contributed by atoms with Gasteiger partial charge in [-0.1, -0.05) is 0 Å². The molecule has 0 aromatic heterocycles. The molecule has 0 unspecified atom stereocenters. The van der Waals surface area contributed by atoms with E-state index >= 15 is 0 Å². The van der Waals surface area contributed by atoms with Gasteiger partial charge in [0.05, 0.1) is 7.11 Å². The summed E-state index contributed by atoms with van der Waals surface area (Å²) in [5.41, 5.74) is 2.07. The van der Waals surface area contributed by atoms with Crippen LogP contribution in [0, 0.1) is 0 Å². The monoisotopic (exact) mass is 262 g/mol. The Morgan fingerprint density at radius 2 is 1.47 bits per heavy atom. The maximum Gasteiger partial charge on any atom is 0.530 e. The summed E-state index contributed by atoms with van der Waals surface area (Å²) in [4.78, 5) is 11.4. The first kappa shape index (κ1) is 16.3. The Morgan fingerprint density at radius 1 is 1.06 bits per heavy atom. The molecule has 100 valence electrons. The van der Waals surface area contributed by atoms with Crippen molar-refractivity contribution in [3.05, 3.63) is 11.3 Å². The quantitative estimate of drug-likeness (QED) is 0.378. The molecule has 0 aliphatic heterocycles. The van der Waals surface area contributed by atoms with Crippen LogP contribution in [0.25, 0.3) is 0 Å². The van der Waals surface area contributed by atoms with Crippen molar-refractivity contribution < 1.29 is 22.8 Å². The summed E-state index contributed by atoms with van der Waals surface area (Å²) in [5, 5.41) is 0. The number of esters is 1. The molecule has 0 aromatic carbocycles. The van der Waals surface area contributed by atoms with Gasteiger partial charge in [0, 0.05) is 25.4 Å². The summed E-state index contributed by atoms with van der Waals surface area (Å²) >= 11 is 0. The molecule has 0 aromatic rings. The molecule has 0 bridgehead atoms. The van der Waals surface area contributed by atoms with Crippen molar-refractivity contribution in [2.24, 2.45) is 0 Å². The van der Waals surface area contributed by atoms with Gasteiger partial charge in [-0.25, -0.2) is 4.79 Å². The summed E-state index contributed by atoms with van der Waals surface area (Å²) < 4.78 is 21.4. The topological polar surface area (TPSA) is 54.0 Å². The van der Waals surface area contributed by atoms with Gasteiger partial charge in [-0.2, -0.15) is 0 Å². The Morgan fingerprint density at radius 3 is 1.76 bits per heavy atom. The molecule has 0 spiro atoms. The number of rotatable bonds is 8. The zero-order chi connectivity index (χ0) is 13.3. The lowest BCUT2D eigenvalue weighted by molar-refractivity contribution is -0.136. The van der Waals surface area contributed by atoms with E-state index in [-0.39, 0.29) is 0 Å². The molecule has 6 heteroatoms. The number of hydrogen-bond acceptors (Lipinski definition) is 5. The van der Waals surface area contributed by atoms with Crippen molar-refractivity contribution in [2.45, 2.75) is 27.7 Å². The van der Waals surface area contributed by atoms with E-state index in [4.69, 9.17) is 13.3 Å². The Hall–Kier alpha value is -0.693. The van der Waals surface area contributed by atoms with E-state index < -0.39 is 14.8 Å². The molecule has 0 radical (unpaired) electrons. The summed E-state index contributed by atoms with van der Waals surface area (Å²) in [6.45, 7) is 8.65. The second-order valence-corrected chi connectivity index (χ2v) is 5.58. The van der Waals surface area contributed by atoms with Crippen LogP contribution < -0.4 is 0 Å². The lowest BCUT2D eigenvalue weighted by Gasteiger charge is -2.25. The SMILES string of the molecule is CCO[Si](C=C(C)C(=O)OC)(OCC)OCC. The molecule has 0 atom stereocenters. The summed E-state index contributed by atoms with van der Waals surface area (Å²) in [6, 6.07) is 0. The zero-order valence-corrected chi connectivity index (χ0v) is 12.2. The molecule has 0 fully saturated rings. The first-order valence-electron chi connectivity index (χ1n) is 5.74. The van der Waals surface area contributed by atoms with E-state index in [2.05, 4.69) is 4.74 Å². The van der Waals surface area contributed by atoms with Crippen molar-refractivity contribution >= 4 is 14.8 Å². The van der Waals surface area contributed by atoms with Gasteiger partial charge < -0.3 is 18.0 Å². The lowest BCUT2D eigenvalue weighted by atomic mass is 10.4. The van der Waals surface area contributed by atoms with Crippen LogP contribution in [0.5, 0.6) is 0 Å². The van der Waals surface area contributed by atoms with Crippen LogP contribution in [0.2, 0.25) is 0 Å². The Balaban J connectivity index is 5.04. The van der Waals surface area contributed by atoms with Crippen LogP contribution in [0.15, 0.2) is 11.3 Å². The fourth-order valence-corrected chi connectivity index (χ4v) is 3.69. The second-order valence-electron chi connectivity index (χ2n) is 3.22. The maximum absolute atomic E-state index is 11.4. The average Bonchev–Trinajstić information content (AvgIpc) is 2.28. The molecule has 0 saturated heterocycles. The number of hydrogen-bond donors (Lipinski definition) is 0. The lowest BCUT2D eigenvalue weighted by Crippen LogP contribution is -2.45. The van der Waals surface area contributed by atoms with E-state index in [9.17, 15) is 4.79 Å². The standard InChI is InChI=1S/C11H22O5Si/c1-6-14-17(15-7-2,16-8-3)9-10(4)11(12)13-5/h9H,6-8H2,1-5H3. The van der Waals surface area contributed by atoms with Gasteiger partial charge in [-0.05, 0) is 33.4 Å². The minimum absolute atomic E-state index is 0.402. The van der Waals surface area contributed by atoms with Gasteiger partial charge in [0.15, 0.2) is 0 Å². The number of carbonyl (C=O) groups excluding carboxylic acids is 1. The van der Waals surface area contributed by atoms with Gasteiger partial charge in [0.1, 0.15) is 0 Å². The highest BCUT2D eigenvalue weighted by molar-refractivity contribution is 6.66. The Bertz CT molecular complexity index is 248. The van der Waals surface area contributed by atoms with Crippen LogP contribution in [0.4, 0.5) is 0 Å². The molecular formula is C11H22O5Si. The Labute approximate surface area is 104 Å². The maximum atomic E-state index is 11.4. The van der Waals surface area contributed by atoms with E-state index in [1.54, 1.807) is 12.6 Å². The normalized spacial score (nSPS) is 12.6. The molecule has 0 rings (SSSR count). The summed E-state index contributed by atoms with van der Waals surface area (Å²) in [6.07, 6.45) is 0. The van der Waals surface area contributed by atoms with Crippen LogP contribution in [-0.4, -0.2) is 41.7 Å². The minimum Gasteiger partial charge on any atom is -0.466 e. The van der Waals surface area contributed by atoms with Crippen LogP contribution in [0.1, 0.15) is 27.7 Å².